The zero-order chi connectivity index (χ0) is 12.4. The third-order valence-electron chi connectivity index (χ3n) is 2.44. The lowest BCUT2D eigenvalue weighted by atomic mass is 10.3. The summed E-state index contributed by atoms with van der Waals surface area (Å²) in [4.78, 5) is 24.2. The molecule has 1 saturated heterocycles. The lowest BCUT2D eigenvalue weighted by Gasteiger charge is -2.10. The summed E-state index contributed by atoms with van der Waals surface area (Å²) in [6, 6.07) is 1.44. The first-order chi connectivity index (χ1) is 8.11. The van der Waals surface area contributed by atoms with Gasteiger partial charge in [-0.2, -0.15) is 5.10 Å². The van der Waals surface area contributed by atoms with Gasteiger partial charge in [-0.1, -0.05) is 0 Å². The standard InChI is InChI=1S/C10H13N3O4/c1-2-17-10(16)7-4-8(12-11-7)13-5-6(14)3-9(13)15/h4,6,14H,2-3,5H2,1H3,(H,11,12). The molecule has 1 aliphatic heterocycles. The van der Waals surface area contributed by atoms with Crippen LogP contribution in [-0.4, -0.2) is 46.4 Å². The normalized spacial score (nSPS) is 19.8. The van der Waals surface area contributed by atoms with Crippen LogP contribution in [0.1, 0.15) is 23.8 Å². The Morgan fingerprint density at radius 1 is 1.76 bits per heavy atom. The zero-order valence-corrected chi connectivity index (χ0v) is 9.34. The summed E-state index contributed by atoms with van der Waals surface area (Å²) >= 11 is 0. The predicted molar refractivity (Wildman–Crippen MR) is 57.5 cm³/mol. The average molecular weight is 239 g/mol. The summed E-state index contributed by atoms with van der Waals surface area (Å²) < 4.78 is 4.79. The van der Waals surface area contributed by atoms with Gasteiger partial charge in [-0.25, -0.2) is 4.79 Å². The van der Waals surface area contributed by atoms with E-state index in [9.17, 15) is 14.7 Å². The van der Waals surface area contributed by atoms with Crippen LogP contribution in [0.4, 0.5) is 5.82 Å². The third-order valence-corrected chi connectivity index (χ3v) is 2.44. The van der Waals surface area contributed by atoms with Crippen molar-refractivity contribution in [1.29, 1.82) is 0 Å². The molecule has 7 nitrogen and oxygen atoms in total. The Morgan fingerprint density at radius 2 is 2.53 bits per heavy atom. The van der Waals surface area contributed by atoms with Crippen LogP contribution in [0.3, 0.4) is 0 Å². The minimum atomic E-state index is -0.676. The van der Waals surface area contributed by atoms with E-state index >= 15 is 0 Å². The summed E-state index contributed by atoms with van der Waals surface area (Å²) in [6.07, 6.45) is -0.591. The van der Waals surface area contributed by atoms with Crippen molar-refractivity contribution in [1.82, 2.24) is 10.2 Å². The van der Waals surface area contributed by atoms with Gasteiger partial charge in [0.15, 0.2) is 5.82 Å². The molecule has 1 fully saturated rings. The number of nitrogens with zero attached hydrogens (tertiary/aromatic N) is 2. The highest BCUT2D eigenvalue weighted by atomic mass is 16.5. The second-order valence-corrected chi connectivity index (χ2v) is 3.72. The Hall–Kier alpha value is -1.89. The number of ether oxygens (including phenoxy) is 1. The third kappa shape index (κ3) is 2.28. The first kappa shape index (κ1) is 11.6. The van der Waals surface area contributed by atoms with E-state index in [0.717, 1.165) is 0 Å². The molecule has 0 radical (unpaired) electrons. The predicted octanol–water partition coefficient (Wildman–Crippen LogP) is -0.316. The maximum Gasteiger partial charge on any atom is 0.356 e. The fourth-order valence-corrected chi connectivity index (χ4v) is 1.67. The van der Waals surface area contributed by atoms with E-state index in [0.29, 0.717) is 5.82 Å². The molecule has 0 spiro atoms. The first-order valence-electron chi connectivity index (χ1n) is 5.32. The van der Waals surface area contributed by atoms with Gasteiger partial charge in [-0.05, 0) is 6.92 Å². The molecule has 0 bridgehead atoms. The smallest absolute Gasteiger partial charge is 0.356 e. The van der Waals surface area contributed by atoms with Gasteiger partial charge in [0.2, 0.25) is 5.91 Å². The highest BCUT2D eigenvalue weighted by Crippen LogP contribution is 2.20. The van der Waals surface area contributed by atoms with E-state index in [1.54, 1.807) is 6.92 Å². The van der Waals surface area contributed by atoms with Crippen molar-refractivity contribution in [2.45, 2.75) is 19.4 Å². The molecule has 0 aliphatic carbocycles. The van der Waals surface area contributed by atoms with Crippen LogP contribution in [0.5, 0.6) is 0 Å². The number of amides is 1. The summed E-state index contributed by atoms with van der Waals surface area (Å²) in [7, 11) is 0. The maximum absolute atomic E-state index is 11.5. The van der Waals surface area contributed by atoms with E-state index in [1.807, 2.05) is 0 Å². The van der Waals surface area contributed by atoms with E-state index in [-0.39, 0.29) is 31.2 Å². The van der Waals surface area contributed by atoms with Crippen LogP contribution < -0.4 is 4.90 Å². The van der Waals surface area contributed by atoms with Crippen LogP contribution in [0, 0.1) is 0 Å². The van der Waals surface area contributed by atoms with Gasteiger partial charge >= 0.3 is 5.97 Å². The van der Waals surface area contributed by atoms with E-state index in [2.05, 4.69) is 10.2 Å². The van der Waals surface area contributed by atoms with Crippen LogP contribution in [-0.2, 0) is 9.53 Å². The van der Waals surface area contributed by atoms with Crippen molar-refractivity contribution in [2.24, 2.45) is 0 Å². The molecule has 2 heterocycles. The lowest BCUT2D eigenvalue weighted by Crippen LogP contribution is -2.25. The molecule has 2 rings (SSSR count). The Balaban J connectivity index is 2.13. The average Bonchev–Trinajstić information content (AvgIpc) is 2.85. The number of carbonyl (C=O) groups is 2. The summed E-state index contributed by atoms with van der Waals surface area (Å²) in [5.41, 5.74) is 0.191. The van der Waals surface area contributed by atoms with E-state index in [4.69, 9.17) is 4.74 Å². The molecule has 0 saturated carbocycles. The molecule has 92 valence electrons. The summed E-state index contributed by atoms with van der Waals surface area (Å²) in [5.74, 6) is -0.396. The number of rotatable bonds is 3. The SMILES string of the molecule is CCOC(=O)c1cc(N2CC(O)CC2=O)n[nH]1. The van der Waals surface area contributed by atoms with Crippen LogP contribution in [0.25, 0.3) is 0 Å². The Labute approximate surface area is 97.4 Å². The highest BCUT2D eigenvalue weighted by Gasteiger charge is 2.31. The minimum absolute atomic E-state index is 0.0849. The van der Waals surface area contributed by atoms with Crippen molar-refractivity contribution in [3.63, 3.8) is 0 Å². The zero-order valence-electron chi connectivity index (χ0n) is 9.34. The van der Waals surface area contributed by atoms with Crippen molar-refractivity contribution < 1.29 is 19.4 Å². The second kappa shape index (κ2) is 4.54. The van der Waals surface area contributed by atoms with Crippen molar-refractivity contribution in [3.05, 3.63) is 11.8 Å². The molecule has 1 amide bonds. The number of esters is 1. The van der Waals surface area contributed by atoms with Gasteiger partial charge in [0.1, 0.15) is 5.69 Å². The fraction of sp³-hybridized carbons (Fsp3) is 0.500. The molecule has 2 N–H and O–H groups in total. The van der Waals surface area contributed by atoms with Gasteiger partial charge in [-0.15, -0.1) is 0 Å². The van der Waals surface area contributed by atoms with Gasteiger partial charge in [0.05, 0.1) is 25.7 Å². The molecule has 7 heteroatoms. The number of aliphatic hydroxyl groups excluding tert-OH is 1. The van der Waals surface area contributed by atoms with E-state index < -0.39 is 12.1 Å². The molecule has 1 aromatic rings. The largest absolute Gasteiger partial charge is 0.461 e. The molecule has 1 atom stereocenters. The first-order valence-corrected chi connectivity index (χ1v) is 5.32. The van der Waals surface area contributed by atoms with Crippen LogP contribution >= 0.6 is 0 Å². The fourth-order valence-electron chi connectivity index (χ4n) is 1.67. The number of anilines is 1. The molecule has 1 unspecified atom stereocenters. The summed E-state index contributed by atoms with van der Waals surface area (Å²) in [6.45, 7) is 2.18. The second-order valence-electron chi connectivity index (χ2n) is 3.72. The molecule has 0 aromatic carbocycles. The van der Waals surface area contributed by atoms with Gasteiger partial charge in [0, 0.05) is 6.07 Å². The topological polar surface area (TPSA) is 95.5 Å². The number of aliphatic hydroxyl groups is 1. The van der Waals surface area contributed by atoms with Crippen LogP contribution in [0.2, 0.25) is 0 Å². The molecule has 17 heavy (non-hydrogen) atoms. The molecular formula is C10H13N3O4. The number of hydrogen-bond acceptors (Lipinski definition) is 5. The number of aromatic amines is 1. The quantitative estimate of drug-likeness (QED) is 0.705. The van der Waals surface area contributed by atoms with Gasteiger partial charge < -0.3 is 9.84 Å². The minimum Gasteiger partial charge on any atom is -0.461 e. The van der Waals surface area contributed by atoms with Crippen LogP contribution in [0.15, 0.2) is 6.07 Å². The number of hydrogen-bond donors (Lipinski definition) is 2. The summed E-state index contributed by atoms with van der Waals surface area (Å²) in [5, 5.41) is 15.7. The molecule has 1 aromatic heterocycles. The van der Waals surface area contributed by atoms with Gasteiger partial charge in [-0.3, -0.25) is 14.8 Å². The maximum atomic E-state index is 11.5. The van der Waals surface area contributed by atoms with Crippen molar-refractivity contribution in [3.8, 4) is 0 Å². The Bertz CT molecular complexity index is 443. The number of aromatic nitrogens is 2. The number of carbonyl (C=O) groups excluding carboxylic acids is 2. The monoisotopic (exact) mass is 239 g/mol. The highest BCUT2D eigenvalue weighted by molar-refractivity contribution is 5.96. The molecule has 1 aliphatic rings. The number of nitrogens with one attached hydrogen (secondary N) is 1. The number of β-amino-alcohol motifs (C(OH)–C–C–N with tert-alkyl or cyclic N) is 1. The van der Waals surface area contributed by atoms with E-state index in [1.165, 1.54) is 11.0 Å². The lowest BCUT2D eigenvalue weighted by molar-refractivity contribution is -0.117. The molecular weight excluding hydrogens is 226 g/mol. The number of H-pyrrole nitrogens is 1. The van der Waals surface area contributed by atoms with Crippen molar-refractivity contribution >= 4 is 17.7 Å². The Kier molecular flexibility index (Phi) is 3.10. The van der Waals surface area contributed by atoms with Crippen molar-refractivity contribution in [2.75, 3.05) is 18.1 Å². The van der Waals surface area contributed by atoms with Gasteiger partial charge in [0.25, 0.3) is 0 Å². The Morgan fingerprint density at radius 3 is 3.12 bits per heavy atom.